The number of nitrogens with one attached hydrogen (secondary N) is 1. The molecule has 0 fully saturated rings. The standard InChI is InChI=1S/C27H24Cl2N2O/c1-2-31(18-8-4-3-5-9-18)27(32)23-13-7-12-21-19-10-6-11-20(19)25(30-26(21)23)22-15-14-17(28)16-24(22)29/h3-10,12-16,19-20,25,30H,2,11H2,1H3. The topological polar surface area (TPSA) is 32.3 Å². The molecule has 162 valence electrons. The van der Waals surface area contributed by atoms with Crippen molar-refractivity contribution in [1.82, 2.24) is 0 Å². The minimum atomic E-state index is -0.00979. The number of carbonyl (C=O) groups excluding carboxylic acids is 1. The molecule has 3 unspecified atom stereocenters. The van der Waals surface area contributed by atoms with Gasteiger partial charge in [0.15, 0.2) is 0 Å². The Morgan fingerprint density at radius 2 is 1.84 bits per heavy atom. The SMILES string of the molecule is CCN(C(=O)c1cccc2c1NC(c1ccc(Cl)cc1Cl)C1CC=CC21)c1ccccc1. The van der Waals surface area contributed by atoms with E-state index in [9.17, 15) is 4.79 Å². The molecule has 3 aromatic carbocycles. The van der Waals surface area contributed by atoms with Crippen LogP contribution < -0.4 is 10.2 Å². The van der Waals surface area contributed by atoms with E-state index in [1.165, 1.54) is 5.56 Å². The molecule has 3 atom stereocenters. The third kappa shape index (κ3) is 3.60. The number of amides is 1. The van der Waals surface area contributed by atoms with E-state index in [0.717, 1.165) is 23.4 Å². The molecule has 0 aromatic heterocycles. The van der Waals surface area contributed by atoms with Crippen LogP contribution in [0, 0.1) is 5.92 Å². The second kappa shape index (κ2) is 8.65. The molecular weight excluding hydrogens is 439 g/mol. The molecule has 0 saturated carbocycles. The maximum absolute atomic E-state index is 13.7. The van der Waals surface area contributed by atoms with E-state index in [4.69, 9.17) is 23.2 Å². The minimum absolute atomic E-state index is 0.00646. The predicted molar refractivity (Wildman–Crippen MR) is 133 cm³/mol. The average molecular weight is 463 g/mol. The second-order valence-electron chi connectivity index (χ2n) is 8.30. The third-order valence-corrected chi connectivity index (χ3v) is 7.12. The smallest absolute Gasteiger partial charge is 0.260 e. The zero-order chi connectivity index (χ0) is 22.2. The number of para-hydroxylation sites is 2. The number of nitrogens with zero attached hydrogens (tertiary/aromatic N) is 1. The van der Waals surface area contributed by atoms with Crippen molar-refractivity contribution in [3.8, 4) is 0 Å². The molecular formula is C27H24Cl2N2O. The van der Waals surface area contributed by atoms with Crippen molar-refractivity contribution >= 4 is 40.5 Å². The van der Waals surface area contributed by atoms with Crippen LogP contribution in [0.5, 0.6) is 0 Å². The largest absolute Gasteiger partial charge is 0.377 e. The van der Waals surface area contributed by atoms with Crippen LogP contribution >= 0.6 is 23.2 Å². The third-order valence-electron chi connectivity index (χ3n) is 6.55. The Morgan fingerprint density at radius 1 is 1.03 bits per heavy atom. The van der Waals surface area contributed by atoms with E-state index in [2.05, 4.69) is 23.5 Å². The molecule has 0 bridgehead atoms. The summed E-state index contributed by atoms with van der Waals surface area (Å²) in [5.41, 5.74) is 4.65. The highest BCUT2D eigenvalue weighted by Crippen LogP contribution is 2.51. The van der Waals surface area contributed by atoms with Gasteiger partial charge in [0.2, 0.25) is 0 Å². The number of fused-ring (bicyclic) bond motifs is 3. The maximum atomic E-state index is 13.7. The Morgan fingerprint density at radius 3 is 2.59 bits per heavy atom. The molecule has 32 heavy (non-hydrogen) atoms. The molecule has 1 N–H and O–H groups in total. The summed E-state index contributed by atoms with van der Waals surface area (Å²) in [5, 5.41) is 4.97. The Balaban J connectivity index is 1.59. The van der Waals surface area contributed by atoms with E-state index in [0.29, 0.717) is 28.1 Å². The van der Waals surface area contributed by atoms with Crippen LogP contribution in [0.4, 0.5) is 11.4 Å². The number of halogens is 2. The van der Waals surface area contributed by atoms with Gasteiger partial charge in [-0.2, -0.15) is 0 Å². The zero-order valence-corrected chi connectivity index (χ0v) is 19.3. The fourth-order valence-electron chi connectivity index (χ4n) is 5.06. The van der Waals surface area contributed by atoms with Gasteiger partial charge in [-0.15, -0.1) is 0 Å². The molecule has 0 saturated heterocycles. The number of anilines is 2. The molecule has 1 aliphatic heterocycles. The highest BCUT2D eigenvalue weighted by Gasteiger charge is 2.40. The van der Waals surface area contributed by atoms with Gasteiger partial charge in [0.25, 0.3) is 5.91 Å². The van der Waals surface area contributed by atoms with Crippen molar-refractivity contribution in [2.24, 2.45) is 5.92 Å². The summed E-state index contributed by atoms with van der Waals surface area (Å²) in [5.74, 6) is 0.565. The summed E-state index contributed by atoms with van der Waals surface area (Å²) in [6, 6.07) is 21.5. The van der Waals surface area contributed by atoms with Crippen molar-refractivity contribution in [2.45, 2.75) is 25.3 Å². The summed E-state index contributed by atoms with van der Waals surface area (Å²) >= 11 is 12.8. The number of hydrogen-bond donors (Lipinski definition) is 1. The summed E-state index contributed by atoms with van der Waals surface area (Å²) in [7, 11) is 0. The minimum Gasteiger partial charge on any atom is -0.377 e. The van der Waals surface area contributed by atoms with Gasteiger partial charge in [-0.1, -0.05) is 71.8 Å². The molecule has 3 aromatic rings. The first kappa shape index (κ1) is 21.1. The lowest BCUT2D eigenvalue weighted by atomic mass is 9.76. The van der Waals surface area contributed by atoms with Gasteiger partial charge in [0.05, 0.1) is 17.3 Å². The molecule has 2 aliphatic rings. The van der Waals surface area contributed by atoms with Crippen molar-refractivity contribution < 1.29 is 4.79 Å². The lowest BCUT2D eigenvalue weighted by molar-refractivity contribution is 0.0988. The van der Waals surface area contributed by atoms with Crippen molar-refractivity contribution in [2.75, 3.05) is 16.8 Å². The van der Waals surface area contributed by atoms with Crippen LogP contribution in [0.2, 0.25) is 10.0 Å². The van der Waals surface area contributed by atoms with Crippen LogP contribution in [0.25, 0.3) is 0 Å². The lowest BCUT2D eigenvalue weighted by Gasteiger charge is -2.39. The maximum Gasteiger partial charge on any atom is 0.260 e. The number of benzene rings is 3. The number of carbonyl (C=O) groups is 1. The molecule has 5 rings (SSSR count). The second-order valence-corrected chi connectivity index (χ2v) is 9.14. The molecule has 1 heterocycles. The quantitative estimate of drug-likeness (QED) is 0.407. The fourth-order valence-corrected chi connectivity index (χ4v) is 5.58. The molecule has 1 amide bonds. The van der Waals surface area contributed by atoms with Crippen molar-refractivity contribution in [3.63, 3.8) is 0 Å². The highest BCUT2D eigenvalue weighted by atomic mass is 35.5. The number of rotatable bonds is 4. The number of allylic oxidation sites excluding steroid dienone is 2. The number of hydrogen-bond acceptors (Lipinski definition) is 2. The van der Waals surface area contributed by atoms with E-state index in [1.54, 1.807) is 6.07 Å². The van der Waals surface area contributed by atoms with Crippen molar-refractivity contribution in [1.29, 1.82) is 0 Å². The molecule has 0 spiro atoms. The first-order valence-corrected chi connectivity index (χ1v) is 11.7. The summed E-state index contributed by atoms with van der Waals surface area (Å²) < 4.78 is 0. The van der Waals surface area contributed by atoms with E-state index in [-0.39, 0.29) is 17.9 Å². The van der Waals surface area contributed by atoms with Gasteiger partial charge >= 0.3 is 0 Å². The first-order chi connectivity index (χ1) is 15.6. The Kier molecular flexibility index (Phi) is 5.71. The first-order valence-electron chi connectivity index (χ1n) is 11.0. The van der Waals surface area contributed by atoms with Gasteiger partial charge in [-0.05, 0) is 60.7 Å². The van der Waals surface area contributed by atoms with Gasteiger partial charge in [0.1, 0.15) is 0 Å². The Hall–Kier alpha value is -2.75. The Labute approximate surface area is 198 Å². The van der Waals surface area contributed by atoms with E-state index < -0.39 is 0 Å². The van der Waals surface area contributed by atoms with E-state index in [1.807, 2.05) is 66.4 Å². The monoisotopic (exact) mass is 462 g/mol. The van der Waals surface area contributed by atoms with Crippen LogP contribution in [-0.2, 0) is 0 Å². The zero-order valence-electron chi connectivity index (χ0n) is 17.8. The van der Waals surface area contributed by atoms with Gasteiger partial charge in [-0.3, -0.25) is 4.79 Å². The van der Waals surface area contributed by atoms with Gasteiger partial charge in [0, 0.05) is 28.2 Å². The van der Waals surface area contributed by atoms with Crippen LogP contribution in [-0.4, -0.2) is 12.5 Å². The molecule has 1 aliphatic carbocycles. The molecule has 3 nitrogen and oxygen atoms in total. The molecule has 5 heteroatoms. The van der Waals surface area contributed by atoms with Gasteiger partial charge < -0.3 is 10.2 Å². The molecule has 0 radical (unpaired) electrons. The van der Waals surface area contributed by atoms with Crippen molar-refractivity contribution in [3.05, 3.63) is 106 Å². The normalized spacial score (nSPS) is 20.9. The summed E-state index contributed by atoms with van der Waals surface area (Å²) in [6.07, 6.45) is 5.47. The lowest BCUT2D eigenvalue weighted by Crippen LogP contribution is -2.34. The average Bonchev–Trinajstić information content (AvgIpc) is 3.30. The van der Waals surface area contributed by atoms with Crippen LogP contribution in [0.1, 0.15) is 46.8 Å². The Bertz CT molecular complexity index is 1190. The summed E-state index contributed by atoms with van der Waals surface area (Å²) in [6.45, 7) is 2.59. The van der Waals surface area contributed by atoms with Crippen LogP contribution in [0.15, 0.2) is 78.9 Å². The summed E-state index contributed by atoms with van der Waals surface area (Å²) in [4.78, 5) is 15.5. The van der Waals surface area contributed by atoms with Crippen LogP contribution in [0.3, 0.4) is 0 Å². The highest BCUT2D eigenvalue weighted by molar-refractivity contribution is 6.35. The van der Waals surface area contributed by atoms with Gasteiger partial charge in [-0.25, -0.2) is 0 Å². The fraction of sp³-hybridized carbons (Fsp3) is 0.222. The predicted octanol–water partition coefficient (Wildman–Crippen LogP) is 7.49. The van der Waals surface area contributed by atoms with E-state index >= 15 is 0 Å².